The Kier molecular flexibility index (Phi) is 8.83. The summed E-state index contributed by atoms with van der Waals surface area (Å²) in [6, 6.07) is -0.421. The first-order valence-electron chi connectivity index (χ1n) is 9.33. The van der Waals surface area contributed by atoms with E-state index in [1.165, 1.54) is 0 Å². The van der Waals surface area contributed by atoms with Gasteiger partial charge in [-0.05, 0) is 51.2 Å². The number of hydrogen-bond acceptors (Lipinski definition) is 4. The summed E-state index contributed by atoms with van der Waals surface area (Å²) in [7, 11) is -2.20. The molecular weight excluding hydrogens is 350 g/mol. The van der Waals surface area contributed by atoms with Crippen LogP contribution in [0.2, 0.25) is 18.1 Å². The molecule has 6 nitrogen and oxygen atoms in total. The molecule has 0 aromatic carbocycles. The zero-order valence-electron chi connectivity index (χ0n) is 18.2. The van der Waals surface area contributed by atoms with Crippen LogP contribution in [0.1, 0.15) is 68.2 Å². The number of carboxylic acid groups (broad SMARTS) is 1. The number of ether oxygens (including phenoxy) is 1. The Morgan fingerprint density at radius 3 is 1.92 bits per heavy atom. The maximum atomic E-state index is 12.3. The predicted molar refractivity (Wildman–Crippen MR) is 107 cm³/mol. The molecule has 0 spiro atoms. The summed E-state index contributed by atoms with van der Waals surface area (Å²) >= 11 is 0. The molecule has 7 heteroatoms. The van der Waals surface area contributed by atoms with E-state index >= 15 is 0 Å². The van der Waals surface area contributed by atoms with Crippen molar-refractivity contribution in [3.05, 3.63) is 0 Å². The highest BCUT2D eigenvalue weighted by Crippen LogP contribution is 2.38. The van der Waals surface area contributed by atoms with Gasteiger partial charge in [0.05, 0.1) is 18.6 Å². The van der Waals surface area contributed by atoms with Crippen molar-refractivity contribution in [3.63, 3.8) is 0 Å². The zero-order chi connectivity index (χ0) is 20.9. The van der Waals surface area contributed by atoms with Gasteiger partial charge in [-0.3, -0.25) is 4.79 Å². The van der Waals surface area contributed by atoms with E-state index < -0.39 is 38.1 Å². The normalized spacial score (nSPS) is 15.5. The zero-order valence-corrected chi connectivity index (χ0v) is 19.2. The third kappa shape index (κ3) is 9.57. The fraction of sp³-hybridized carbons (Fsp3) is 0.895. The number of hydrogen-bond donors (Lipinski definition) is 2. The van der Waals surface area contributed by atoms with E-state index in [0.29, 0.717) is 6.42 Å². The minimum absolute atomic E-state index is 0.0575. The molecule has 0 rings (SSSR count). The van der Waals surface area contributed by atoms with Gasteiger partial charge >= 0.3 is 12.1 Å². The highest BCUT2D eigenvalue weighted by molar-refractivity contribution is 6.74. The number of carboxylic acids is 1. The molecule has 1 amide bonds. The van der Waals surface area contributed by atoms with Gasteiger partial charge in [0.25, 0.3) is 0 Å². The number of aliphatic carboxylic acids is 1. The molecule has 0 aliphatic carbocycles. The molecule has 0 saturated carbocycles. The van der Waals surface area contributed by atoms with Crippen molar-refractivity contribution < 1.29 is 23.9 Å². The van der Waals surface area contributed by atoms with Crippen molar-refractivity contribution in [3.8, 4) is 0 Å². The van der Waals surface area contributed by atoms with Gasteiger partial charge < -0.3 is 19.6 Å². The van der Waals surface area contributed by atoms with Gasteiger partial charge in [-0.15, -0.1) is 0 Å². The molecule has 0 aliphatic rings. The number of amides is 1. The molecule has 2 atom stereocenters. The first kappa shape index (κ1) is 24.9. The van der Waals surface area contributed by atoms with Crippen molar-refractivity contribution in [1.29, 1.82) is 0 Å². The standard InChI is InChI=1S/C19H39NO5Si/c1-13(2)11-14(20-17(23)24-18(3,4)5)15(12-16(21)22)25-26(9,10)19(6,7)8/h13-15H,11-12H2,1-10H3,(H,20,23)(H,21,22)/t14-,15+/m1/s1. The molecule has 0 heterocycles. The minimum Gasteiger partial charge on any atom is -0.481 e. The van der Waals surface area contributed by atoms with E-state index in [1.54, 1.807) is 20.8 Å². The monoisotopic (exact) mass is 389 g/mol. The molecule has 0 bridgehead atoms. The fourth-order valence-electron chi connectivity index (χ4n) is 2.26. The molecule has 0 radical (unpaired) electrons. The van der Waals surface area contributed by atoms with Crippen LogP contribution in [0.3, 0.4) is 0 Å². The fourth-order valence-corrected chi connectivity index (χ4v) is 3.62. The number of carbonyl (C=O) groups is 2. The Labute approximate surface area is 160 Å². The molecule has 26 heavy (non-hydrogen) atoms. The van der Waals surface area contributed by atoms with Gasteiger partial charge in [0.2, 0.25) is 0 Å². The van der Waals surface area contributed by atoms with Crippen LogP contribution in [0.15, 0.2) is 0 Å². The van der Waals surface area contributed by atoms with Crippen molar-refractivity contribution in [2.45, 2.75) is 104 Å². The van der Waals surface area contributed by atoms with Gasteiger partial charge in [-0.2, -0.15) is 0 Å². The van der Waals surface area contributed by atoms with Crippen LogP contribution < -0.4 is 5.32 Å². The lowest BCUT2D eigenvalue weighted by molar-refractivity contribution is -0.139. The number of nitrogens with one attached hydrogen (secondary N) is 1. The molecule has 0 aromatic rings. The average molecular weight is 390 g/mol. The Bertz CT molecular complexity index is 477. The lowest BCUT2D eigenvalue weighted by atomic mass is 9.97. The van der Waals surface area contributed by atoms with E-state index in [1.807, 2.05) is 13.8 Å². The van der Waals surface area contributed by atoms with Crippen LogP contribution in [0.25, 0.3) is 0 Å². The molecule has 2 N–H and O–H groups in total. The van der Waals surface area contributed by atoms with Gasteiger partial charge in [-0.1, -0.05) is 34.6 Å². The van der Waals surface area contributed by atoms with Gasteiger partial charge in [0.15, 0.2) is 8.32 Å². The van der Waals surface area contributed by atoms with Gasteiger partial charge in [0.1, 0.15) is 5.60 Å². The predicted octanol–water partition coefficient (Wildman–Crippen LogP) is 4.79. The first-order valence-corrected chi connectivity index (χ1v) is 12.2. The van der Waals surface area contributed by atoms with Crippen LogP contribution in [0.5, 0.6) is 0 Å². The minimum atomic E-state index is -2.20. The number of carbonyl (C=O) groups excluding carboxylic acids is 1. The third-order valence-electron chi connectivity index (χ3n) is 4.50. The number of alkyl carbamates (subject to hydrolysis) is 1. The molecule has 0 unspecified atom stereocenters. The van der Waals surface area contributed by atoms with Crippen LogP contribution in [-0.4, -0.2) is 43.2 Å². The second-order valence-electron chi connectivity index (χ2n) is 9.90. The van der Waals surface area contributed by atoms with Crippen LogP contribution >= 0.6 is 0 Å². The van der Waals surface area contributed by atoms with E-state index in [4.69, 9.17) is 9.16 Å². The summed E-state index contributed by atoms with van der Waals surface area (Å²) < 4.78 is 11.8. The van der Waals surface area contributed by atoms with Gasteiger partial charge in [0, 0.05) is 0 Å². The molecular formula is C19H39NO5Si. The van der Waals surface area contributed by atoms with Crippen molar-refractivity contribution in [2.75, 3.05) is 0 Å². The van der Waals surface area contributed by atoms with Crippen molar-refractivity contribution in [1.82, 2.24) is 5.32 Å². The van der Waals surface area contributed by atoms with Crippen molar-refractivity contribution in [2.24, 2.45) is 5.92 Å². The van der Waals surface area contributed by atoms with Crippen LogP contribution in [0.4, 0.5) is 4.79 Å². The summed E-state index contributed by atoms with van der Waals surface area (Å²) in [5.41, 5.74) is -0.616. The Balaban J connectivity index is 5.53. The SMILES string of the molecule is CC(C)C[C@@H](NC(=O)OC(C)(C)C)[C@H](CC(=O)O)O[Si](C)(C)C(C)(C)C. The quantitative estimate of drug-likeness (QED) is 0.583. The van der Waals surface area contributed by atoms with Crippen LogP contribution in [-0.2, 0) is 14.0 Å². The average Bonchev–Trinajstić information content (AvgIpc) is 2.31. The van der Waals surface area contributed by atoms with Gasteiger partial charge in [-0.25, -0.2) is 4.79 Å². The summed E-state index contributed by atoms with van der Waals surface area (Å²) in [5, 5.41) is 12.2. The first-order chi connectivity index (χ1) is 11.4. The van der Waals surface area contributed by atoms with E-state index in [-0.39, 0.29) is 17.4 Å². The van der Waals surface area contributed by atoms with E-state index in [2.05, 4.69) is 39.2 Å². The molecule has 0 fully saturated rings. The lowest BCUT2D eigenvalue weighted by Crippen LogP contribution is -2.53. The molecule has 0 aromatic heterocycles. The Morgan fingerprint density at radius 2 is 1.58 bits per heavy atom. The summed E-state index contributed by atoms with van der Waals surface area (Å²) in [6.45, 7) is 20.0. The Morgan fingerprint density at radius 1 is 1.08 bits per heavy atom. The third-order valence-corrected chi connectivity index (χ3v) is 9.01. The molecule has 0 saturated heterocycles. The summed E-state index contributed by atoms with van der Waals surface area (Å²) in [5.74, 6) is -0.664. The largest absolute Gasteiger partial charge is 0.481 e. The summed E-state index contributed by atoms with van der Waals surface area (Å²) in [6.07, 6.45) is -0.674. The maximum absolute atomic E-state index is 12.3. The second kappa shape index (κ2) is 9.22. The molecule has 154 valence electrons. The van der Waals surface area contributed by atoms with Crippen LogP contribution in [0, 0.1) is 5.92 Å². The Hall–Kier alpha value is -1.08. The topological polar surface area (TPSA) is 84.9 Å². The summed E-state index contributed by atoms with van der Waals surface area (Å²) in [4.78, 5) is 23.7. The lowest BCUT2D eigenvalue weighted by Gasteiger charge is -2.41. The maximum Gasteiger partial charge on any atom is 0.407 e. The molecule has 0 aliphatic heterocycles. The van der Waals surface area contributed by atoms with E-state index in [0.717, 1.165) is 0 Å². The highest BCUT2D eigenvalue weighted by Gasteiger charge is 2.42. The number of rotatable bonds is 8. The van der Waals surface area contributed by atoms with E-state index in [9.17, 15) is 14.7 Å². The second-order valence-corrected chi connectivity index (χ2v) is 14.7. The smallest absolute Gasteiger partial charge is 0.407 e. The van der Waals surface area contributed by atoms with Crippen molar-refractivity contribution >= 4 is 20.4 Å². The highest BCUT2D eigenvalue weighted by atomic mass is 28.4.